The van der Waals surface area contributed by atoms with Gasteiger partial charge in [-0.25, -0.2) is 13.1 Å². The Morgan fingerprint density at radius 3 is 2.65 bits per heavy atom. The molecular weight excluding hydrogens is 280 g/mol. The number of aliphatic hydroxyl groups is 1. The van der Waals surface area contributed by atoms with E-state index in [1.165, 1.54) is 0 Å². The van der Waals surface area contributed by atoms with Crippen LogP contribution < -0.4 is 4.72 Å². The van der Waals surface area contributed by atoms with E-state index in [0.29, 0.717) is 13.0 Å². The number of unbranched alkanes of at least 4 members (excludes halogenated alkanes) is 1. The van der Waals surface area contributed by atoms with Crippen molar-refractivity contribution in [1.29, 1.82) is 0 Å². The second kappa shape index (κ2) is 8.29. The van der Waals surface area contributed by atoms with Crippen LogP contribution in [0, 0.1) is 0 Å². The summed E-state index contributed by atoms with van der Waals surface area (Å²) in [5.41, 5.74) is 0. The van der Waals surface area contributed by atoms with Gasteiger partial charge in [0.2, 0.25) is 10.0 Å². The Kier molecular flexibility index (Phi) is 7.39. The lowest BCUT2D eigenvalue weighted by Crippen LogP contribution is -2.47. The molecule has 0 saturated carbocycles. The number of sulfonamides is 1. The van der Waals surface area contributed by atoms with Gasteiger partial charge in [0.15, 0.2) is 0 Å². The van der Waals surface area contributed by atoms with E-state index in [9.17, 15) is 13.5 Å². The van der Waals surface area contributed by atoms with Crippen LogP contribution in [0.25, 0.3) is 0 Å². The molecule has 0 bridgehead atoms. The molecule has 0 aromatic rings. The zero-order valence-corrected chi connectivity index (χ0v) is 13.5. The zero-order valence-electron chi connectivity index (χ0n) is 12.7. The maximum Gasteiger partial charge on any atom is 0.212 e. The summed E-state index contributed by atoms with van der Waals surface area (Å²) in [6.45, 7) is 5.75. The number of aliphatic hydroxyl groups excluding tert-OH is 1. The molecule has 0 radical (unpaired) electrons. The van der Waals surface area contributed by atoms with Gasteiger partial charge in [-0.1, -0.05) is 20.3 Å². The van der Waals surface area contributed by atoms with Crippen molar-refractivity contribution in [2.24, 2.45) is 0 Å². The molecule has 1 aliphatic heterocycles. The van der Waals surface area contributed by atoms with E-state index in [1.807, 2.05) is 14.0 Å². The number of nitrogens with one attached hydrogen (secondary N) is 1. The molecule has 3 atom stereocenters. The van der Waals surface area contributed by atoms with Gasteiger partial charge >= 0.3 is 0 Å². The molecule has 0 aromatic carbocycles. The lowest BCUT2D eigenvalue weighted by Gasteiger charge is -2.23. The number of nitrogens with zero attached hydrogens (tertiary/aromatic N) is 1. The number of rotatable bonds is 9. The number of likely N-dealkylation sites (N-methyl/N-ethyl adjacent to an activating group) is 1. The van der Waals surface area contributed by atoms with Gasteiger partial charge < -0.3 is 14.7 Å². The molecule has 1 heterocycles. The standard InChI is InChI=1S/C13H28N2O4S/c1-4-6-7-15(3)9-12-13(16)11(10-19-12)14-20(17,18)8-5-2/h11-14,16H,4-10H2,1-3H3. The topological polar surface area (TPSA) is 78.9 Å². The summed E-state index contributed by atoms with van der Waals surface area (Å²) >= 11 is 0. The third kappa shape index (κ3) is 5.65. The fraction of sp³-hybridized carbons (Fsp3) is 1.00. The van der Waals surface area contributed by atoms with Gasteiger partial charge in [0.05, 0.1) is 30.6 Å². The van der Waals surface area contributed by atoms with Gasteiger partial charge in [-0.2, -0.15) is 0 Å². The van der Waals surface area contributed by atoms with E-state index in [0.717, 1.165) is 19.4 Å². The molecule has 0 amide bonds. The minimum atomic E-state index is -3.32. The summed E-state index contributed by atoms with van der Waals surface area (Å²) in [5.74, 6) is 0.0806. The fourth-order valence-corrected chi connectivity index (χ4v) is 3.66. The van der Waals surface area contributed by atoms with Crippen LogP contribution in [0.4, 0.5) is 0 Å². The van der Waals surface area contributed by atoms with E-state index in [4.69, 9.17) is 4.74 Å². The van der Waals surface area contributed by atoms with Crippen molar-refractivity contribution in [3.05, 3.63) is 0 Å². The largest absolute Gasteiger partial charge is 0.389 e. The Labute approximate surface area is 122 Å². The molecule has 0 aromatic heterocycles. The maximum absolute atomic E-state index is 11.7. The Morgan fingerprint density at radius 2 is 2.05 bits per heavy atom. The molecule has 0 spiro atoms. The van der Waals surface area contributed by atoms with Crippen LogP contribution >= 0.6 is 0 Å². The highest BCUT2D eigenvalue weighted by Gasteiger charge is 2.38. The summed E-state index contributed by atoms with van der Waals surface area (Å²) < 4.78 is 31.5. The molecule has 120 valence electrons. The lowest BCUT2D eigenvalue weighted by atomic mass is 10.1. The average Bonchev–Trinajstić information content (AvgIpc) is 2.68. The third-order valence-electron chi connectivity index (χ3n) is 3.47. The van der Waals surface area contributed by atoms with Gasteiger partial charge in [-0.3, -0.25) is 0 Å². The second-order valence-corrected chi connectivity index (χ2v) is 7.39. The normalized spacial score (nSPS) is 27.4. The summed E-state index contributed by atoms with van der Waals surface area (Å²) in [6, 6.07) is -0.531. The SMILES string of the molecule is CCCCN(C)CC1OCC(NS(=O)(=O)CCC)C1O. The molecule has 7 heteroatoms. The van der Waals surface area contributed by atoms with Crippen molar-refractivity contribution in [2.45, 2.75) is 51.4 Å². The van der Waals surface area contributed by atoms with Crippen molar-refractivity contribution in [2.75, 3.05) is 32.5 Å². The fourth-order valence-electron chi connectivity index (χ4n) is 2.33. The van der Waals surface area contributed by atoms with Crippen molar-refractivity contribution in [1.82, 2.24) is 9.62 Å². The van der Waals surface area contributed by atoms with Crippen LogP contribution in [0.2, 0.25) is 0 Å². The summed E-state index contributed by atoms with van der Waals surface area (Å²) in [5, 5.41) is 10.2. The van der Waals surface area contributed by atoms with Crippen LogP contribution in [-0.2, 0) is 14.8 Å². The molecular formula is C13H28N2O4S. The minimum Gasteiger partial charge on any atom is -0.389 e. The summed E-state index contributed by atoms with van der Waals surface area (Å²) in [6.07, 6.45) is 1.67. The Morgan fingerprint density at radius 1 is 1.35 bits per heavy atom. The van der Waals surface area contributed by atoms with Crippen molar-refractivity contribution < 1.29 is 18.3 Å². The lowest BCUT2D eigenvalue weighted by molar-refractivity contribution is 0.0203. The smallest absolute Gasteiger partial charge is 0.212 e. The third-order valence-corrected chi connectivity index (χ3v) is 5.08. The minimum absolute atomic E-state index is 0.0806. The predicted molar refractivity (Wildman–Crippen MR) is 79.2 cm³/mol. The monoisotopic (exact) mass is 308 g/mol. The first-order valence-electron chi connectivity index (χ1n) is 7.37. The quantitative estimate of drug-likeness (QED) is 0.635. The Bertz CT molecular complexity index is 375. The highest BCUT2D eigenvalue weighted by atomic mass is 32.2. The second-order valence-electron chi connectivity index (χ2n) is 5.52. The molecule has 2 N–H and O–H groups in total. The summed E-state index contributed by atoms with van der Waals surface area (Å²) in [4.78, 5) is 2.11. The molecule has 20 heavy (non-hydrogen) atoms. The Balaban J connectivity index is 2.45. The molecule has 6 nitrogen and oxygen atoms in total. The van der Waals surface area contributed by atoms with Crippen molar-refractivity contribution in [3.8, 4) is 0 Å². The first-order valence-corrected chi connectivity index (χ1v) is 9.03. The first-order chi connectivity index (χ1) is 9.39. The van der Waals surface area contributed by atoms with Gasteiger partial charge in [0.25, 0.3) is 0 Å². The van der Waals surface area contributed by atoms with Gasteiger partial charge in [0, 0.05) is 6.54 Å². The molecule has 1 rings (SSSR count). The number of hydrogen-bond donors (Lipinski definition) is 2. The molecule has 3 unspecified atom stereocenters. The van der Waals surface area contributed by atoms with Gasteiger partial charge in [-0.05, 0) is 26.4 Å². The van der Waals surface area contributed by atoms with Crippen LogP contribution in [-0.4, -0.2) is 69.2 Å². The first kappa shape index (κ1) is 17.8. The van der Waals surface area contributed by atoms with Crippen LogP contribution in [0.3, 0.4) is 0 Å². The molecule has 1 aliphatic rings. The zero-order chi connectivity index (χ0) is 15.2. The highest BCUT2D eigenvalue weighted by molar-refractivity contribution is 7.89. The number of ether oxygens (including phenoxy) is 1. The molecule has 1 saturated heterocycles. The summed E-state index contributed by atoms with van der Waals surface area (Å²) in [7, 11) is -1.33. The van der Waals surface area contributed by atoms with Gasteiger partial charge in [-0.15, -0.1) is 0 Å². The van der Waals surface area contributed by atoms with E-state index < -0.39 is 22.2 Å². The maximum atomic E-state index is 11.7. The number of hydrogen-bond acceptors (Lipinski definition) is 5. The van der Waals surface area contributed by atoms with E-state index in [2.05, 4.69) is 16.5 Å². The van der Waals surface area contributed by atoms with Crippen LogP contribution in [0.5, 0.6) is 0 Å². The van der Waals surface area contributed by atoms with E-state index in [-0.39, 0.29) is 18.5 Å². The van der Waals surface area contributed by atoms with Gasteiger partial charge in [0.1, 0.15) is 0 Å². The van der Waals surface area contributed by atoms with E-state index in [1.54, 1.807) is 0 Å². The average molecular weight is 308 g/mol. The van der Waals surface area contributed by atoms with Crippen molar-refractivity contribution >= 4 is 10.0 Å². The Hall–Kier alpha value is -0.210. The predicted octanol–water partition coefficient (Wildman–Crippen LogP) is 0.176. The molecule has 0 aliphatic carbocycles. The van der Waals surface area contributed by atoms with Crippen LogP contribution in [0.1, 0.15) is 33.1 Å². The molecule has 1 fully saturated rings. The highest BCUT2D eigenvalue weighted by Crippen LogP contribution is 2.16. The van der Waals surface area contributed by atoms with Crippen molar-refractivity contribution in [3.63, 3.8) is 0 Å². The van der Waals surface area contributed by atoms with E-state index >= 15 is 0 Å². The van der Waals surface area contributed by atoms with Crippen LogP contribution in [0.15, 0.2) is 0 Å².